The third kappa shape index (κ3) is 5.10. The maximum Gasteiger partial charge on any atom is 0.323 e. The molecule has 146 valence electrons. The first-order valence-electron chi connectivity index (χ1n) is 8.52. The fraction of sp³-hybridized carbons (Fsp3) is 0.211. The molecule has 0 aliphatic rings. The van der Waals surface area contributed by atoms with E-state index in [4.69, 9.17) is 4.74 Å². The molecule has 0 spiro atoms. The summed E-state index contributed by atoms with van der Waals surface area (Å²) < 4.78 is 34.8. The first kappa shape index (κ1) is 19.4. The smallest absolute Gasteiger partial charge is 0.323 e. The van der Waals surface area contributed by atoms with Gasteiger partial charge in [0, 0.05) is 23.5 Å². The summed E-state index contributed by atoms with van der Waals surface area (Å²) in [6.07, 6.45) is -2.82. The van der Waals surface area contributed by atoms with Gasteiger partial charge in [0.15, 0.2) is 0 Å². The molecule has 0 saturated heterocycles. The van der Waals surface area contributed by atoms with E-state index >= 15 is 0 Å². The standard InChI is InChI=1S/C19H18F2N4O3/c1-2-27-11-12-3-7-14(8-4-12)22-19(26)23-15-9-5-13(6-10-15)17-24-18(16(20)21)28-25-17/h3-10,16H,2,11H2,1H3,(H2,22,23,26). The lowest BCUT2D eigenvalue weighted by Gasteiger charge is -2.09. The average Bonchev–Trinajstić information content (AvgIpc) is 3.18. The van der Waals surface area contributed by atoms with Crippen molar-refractivity contribution in [1.29, 1.82) is 0 Å². The van der Waals surface area contributed by atoms with Crippen molar-refractivity contribution >= 4 is 17.4 Å². The van der Waals surface area contributed by atoms with Crippen molar-refractivity contribution in [2.75, 3.05) is 17.2 Å². The minimum atomic E-state index is -2.82. The predicted octanol–water partition coefficient (Wildman–Crippen LogP) is 4.85. The number of nitrogens with zero attached hydrogens (tertiary/aromatic N) is 2. The Morgan fingerprint density at radius 1 is 1.07 bits per heavy atom. The molecule has 0 fully saturated rings. The highest BCUT2D eigenvalue weighted by Crippen LogP contribution is 2.22. The van der Waals surface area contributed by atoms with Crippen LogP contribution in [0.15, 0.2) is 53.1 Å². The normalized spacial score (nSPS) is 10.9. The number of nitrogens with one attached hydrogen (secondary N) is 2. The summed E-state index contributed by atoms with van der Waals surface area (Å²) in [5.74, 6) is -0.678. The number of aromatic nitrogens is 2. The highest BCUT2D eigenvalue weighted by molar-refractivity contribution is 5.99. The van der Waals surface area contributed by atoms with Gasteiger partial charge in [0.2, 0.25) is 5.82 Å². The number of urea groups is 1. The van der Waals surface area contributed by atoms with E-state index in [0.717, 1.165) is 5.56 Å². The zero-order valence-corrected chi connectivity index (χ0v) is 15.0. The van der Waals surface area contributed by atoms with Gasteiger partial charge in [-0.05, 0) is 48.9 Å². The third-order valence-corrected chi connectivity index (χ3v) is 3.71. The van der Waals surface area contributed by atoms with E-state index in [1.54, 1.807) is 36.4 Å². The number of ether oxygens (including phenoxy) is 1. The van der Waals surface area contributed by atoms with Crippen LogP contribution in [0.1, 0.15) is 24.8 Å². The second-order valence-corrected chi connectivity index (χ2v) is 5.75. The number of benzene rings is 2. The van der Waals surface area contributed by atoms with E-state index in [1.807, 2.05) is 19.1 Å². The number of carbonyl (C=O) groups is 1. The minimum absolute atomic E-state index is 0.0541. The topological polar surface area (TPSA) is 89.3 Å². The Hall–Kier alpha value is -3.33. The van der Waals surface area contributed by atoms with Crippen LogP contribution in [0.5, 0.6) is 0 Å². The molecule has 0 aliphatic carbocycles. The van der Waals surface area contributed by atoms with Gasteiger partial charge in [-0.15, -0.1) is 0 Å². The summed E-state index contributed by atoms with van der Waals surface area (Å²) in [7, 11) is 0. The monoisotopic (exact) mass is 388 g/mol. The van der Waals surface area contributed by atoms with Crippen molar-refractivity contribution in [1.82, 2.24) is 10.1 Å². The highest BCUT2D eigenvalue weighted by atomic mass is 19.3. The van der Waals surface area contributed by atoms with E-state index in [2.05, 4.69) is 25.3 Å². The van der Waals surface area contributed by atoms with E-state index in [0.29, 0.717) is 30.2 Å². The number of alkyl halides is 2. The molecule has 2 amide bonds. The molecule has 7 nitrogen and oxygen atoms in total. The number of hydrogen-bond acceptors (Lipinski definition) is 5. The third-order valence-electron chi connectivity index (χ3n) is 3.71. The average molecular weight is 388 g/mol. The molecule has 0 aliphatic heterocycles. The summed E-state index contributed by atoms with van der Waals surface area (Å²) >= 11 is 0. The van der Waals surface area contributed by atoms with Crippen LogP contribution in [0.3, 0.4) is 0 Å². The van der Waals surface area contributed by atoms with Gasteiger partial charge in [-0.1, -0.05) is 17.3 Å². The molecular formula is C19H18F2N4O3. The Morgan fingerprint density at radius 2 is 1.68 bits per heavy atom. The van der Waals surface area contributed by atoms with Crippen LogP contribution in [0.25, 0.3) is 11.4 Å². The fourth-order valence-corrected chi connectivity index (χ4v) is 2.34. The second kappa shape index (κ2) is 9.05. The van der Waals surface area contributed by atoms with Crippen LogP contribution in [0.4, 0.5) is 25.0 Å². The number of rotatable bonds is 7. The van der Waals surface area contributed by atoms with E-state index in [-0.39, 0.29) is 5.82 Å². The fourth-order valence-electron chi connectivity index (χ4n) is 2.34. The molecule has 3 rings (SSSR count). The van der Waals surface area contributed by atoms with Gasteiger partial charge in [0.1, 0.15) is 0 Å². The van der Waals surface area contributed by atoms with Gasteiger partial charge in [0.05, 0.1) is 6.61 Å². The maximum absolute atomic E-state index is 12.5. The summed E-state index contributed by atoms with van der Waals surface area (Å²) in [4.78, 5) is 15.7. The van der Waals surface area contributed by atoms with Crippen LogP contribution in [0, 0.1) is 0 Å². The Balaban J connectivity index is 1.56. The first-order chi connectivity index (χ1) is 13.5. The molecule has 28 heavy (non-hydrogen) atoms. The van der Waals surface area contributed by atoms with Crippen molar-refractivity contribution in [2.45, 2.75) is 20.0 Å². The molecule has 2 aromatic carbocycles. The highest BCUT2D eigenvalue weighted by Gasteiger charge is 2.17. The van der Waals surface area contributed by atoms with E-state index in [1.165, 1.54) is 0 Å². The SMILES string of the molecule is CCOCc1ccc(NC(=O)Nc2ccc(-c3noc(C(F)F)n3)cc2)cc1. The van der Waals surface area contributed by atoms with Gasteiger partial charge >= 0.3 is 12.5 Å². The molecule has 1 heterocycles. The number of halogens is 2. The lowest BCUT2D eigenvalue weighted by Crippen LogP contribution is -2.19. The quantitative estimate of drug-likeness (QED) is 0.604. The minimum Gasteiger partial charge on any atom is -0.377 e. The number of anilines is 2. The Morgan fingerprint density at radius 3 is 2.21 bits per heavy atom. The van der Waals surface area contributed by atoms with Crippen molar-refractivity contribution in [2.24, 2.45) is 0 Å². The lowest BCUT2D eigenvalue weighted by molar-refractivity contribution is 0.106. The Labute approximate surface area is 159 Å². The number of amides is 2. The van der Waals surface area contributed by atoms with Crippen LogP contribution in [0.2, 0.25) is 0 Å². The number of carbonyl (C=O) groups excluding carboxylic acids is 1. The predicted molar refractivity (Wildman–Crippen MR) is 99.1 cm³/mol. The zero-order valence-electron chi connectivity index (χ0n) is 15.0. The van der Waals surface area contributed by atoms with Crippen LogP contribution >= 0.6 is 0 Å². The first-order valence-corrected chi connectivity index (χ1v) is 8.52. The summed E-state index contributed by atoms with van der Waals surface area (Å²) in [6.45, 7) is 3.09. The van der Waals surface area contributed by atoms with Gasteiger partial charge in [-0.2, -0.15) is 13.8 Å². The second-order valence-electron chi connectivity index (χ2n) is 5.75. The largest absolute Gasteiger partial charge is 0.377 e. The molecule has 3 aromatic rings. The van der Waals surface area contributed by atoms with E-state index < -0.39 is 18.3 Å². The van der Waals surface area contributed by atoms with Crippen LogP contribution in [-0.4, -0.2) is 22.8 Å². The Bertz CT molecular complexity index is 912. The summed E-state index contributed by atoms with van der Waals surface area (Å²) in [6, 6.07) is 13.3. The molecule has 9 heteroatoms. The number of hydrogen-bond donors (Lipinski definition) is 2. The molecule has 0 bridgehead atoms. The van der Waals surface area contributed by atoms with Crippen LogP contribution < -0.4 is 10.6 Å². The van der Waals surface area contributed by atoms with Crippen molar-refractivity contribution < 1.29 is 22.8 Å². The molecule has 0 saturated carbocycles. The molecule has 0 unspecified atom stereocenters. The van der Waals surface area contributed by atoms with Gasteiger partial charge in [0.25, 0.3) is 5.89 Å². The van der Waals surface area contributed by atoms with Gasteiger partial charge < -0.3 is 19.9 Å². The van der Waals surface area contributed by atoms with Gasteiger partial charge in [-0.3, -0.25) is 0 Å². The van der Waals surface area contributed by atoms with E-state index in [9.17, 15) is 13.6 Å². The lowest BCUT2D eigenvalue weighted by atomic mass is 10.2. The summed E-state index contributed by atoms with van der Waals surface area (Å²) in [5.41, 5.74) is 2.67. The molecule has 0 atom stereocenters. The molecule has 2 N–H and O–H groups in total. The molecule has 1 aromatic heterocycles. The van der Waals surface area contributed by atoms with Gasteiger partial charge in [-0.25, -0.2) is 4.79 Å². The van der Waals surface area contributed by atoms with Crippen molar-refractivity contribution in [3.8, 4) is 11.4 Å². The molecular weight excluding hydrogens is 370 g/mol. The van der Waals surface area contributed by atoms with Crippen molar-refractivity contribution in [3.63, 3.8) is 0 Å². The van der Waals surface area contributed by atoms with Crippen molar-refractivity contribution in [3.05, 3.63) is 60.0 Å². The summed E-state index contributed by atoms with van der Waals surface area (Å²) in [5, 5.41) is 8.91. The molecule has 0 radical (unpaired) electrons. The Kier molecular flexibility index (Phi) is 6.28. The maximum atomic E-state index is 12.5. The zero-order chi connectivity index (χ0) is 19.9. The van der Waals surface area contributed by atoms with Crippen LogP contribution in [-0.2, 0) is 11.3 Å².